The number of hydrogen-bond donors (Lipinski definition) is 1. The average Bonchev–Trinajstić information content (AvgIpc) is 2.42. The summed E-state index contributed by atoms with van der Waals surface area (Å²) >= 11 is 0. The second-order valence-electron chi connectivity index (χ2n) is 4.39. The third-order valence-corrected chi connectivity index (χ3v) is 3.22. The van der Waals surface area contributed by atoms with Crippen LogP contribution in [0.25, 0.3) is 0 Å². The molecule has 0 spiro atoms. The fourth-order valence-corrected chi connectivity index (χ4v) is 2.12. The van der Waals surface area contributed by atoms with Gasteiger partial charge in [0, 0.05) is 6.04 Å². The summed E-state index contributed by atoms with van der Waals surface area (Å²) in [6, 6.07) is 6.75. The van der Waals surface area contributed by atoms with Gasteiger partial charge in [0.2, 0.25) is 0 Å². The lowest BCUT2D eigenvalue weighted by molar-refractivity contribution is 0.354. The summed E-state index contributed by atoms with van der Waals surface area (Å²) in [6.45, 7) is 5.41. The molecular weight excluding hydrogens is 226 g/mol. The summed E-state index contributed by atoms with van der Waals surface area (Å²) in [5.41, 5.74) is 1.30. The van der Waals surface area contributed by atoms with Crippen LogP contribution in [-0.4, -0.2) is 26.8 Å². The molecule has 0 saturated carbocycles. The lowest BCUT2D eigenvalue weighted by atomic mass is 10.0. The summed E-state index contributed by atoms with van der Waals surface area (Å²) in [5, 5.41) is 3.50. The molecule has 18 heavy (non-hydrogen) atoms. The molecule has 0 aromatic heterocycles. The molecule has 0 aliphatic carbocycles. The number of hydrogen-bond acceptors (Lipinski definition) is 3. The van der Waals surface area contributed by atoms with E-state index in [4.69, 9.17) is 9.47 Å². The van der Waals surface area contributed by atoms with Crippen molar-refractivity contribution in [1.82, 2.24) is 5.32 Å². The van der Waals surface area contributed by atoms with Crippen LogP contribution < -0.4 is 14.8 Å². The Labute approximate surface area is 110 Å². The van der Waals surface area contributed by atoms with Crippen LogP contribution in [0, 0.1) is 0 Å². The van der Waals surface area contributed by atoms with Crippen LogP contribution in [0.2, 0.25) is 0 Å². The zero-order valence-corrected chi connectivity index (χ0v) is 12.0. The molecule has 1 aromatic rings. The van der Waals surface area contributed by atoms with Crippen molar-refractivity contribution in [2.75, 3.05) is 20.8 Å². The number of nitrogens with one attached hydrogen (secondary N) is 1. The Bertz CT molecular complexity index is 352. The molecule has 3 heteroatoms. The number of rotatable bonds is 8. The van der Waals surface area contributed by atoms with Crippen LogP contribution in [0.3, 0.4) is 0 Å². The topological polar surface area (TPSA) is 30.5 Å². The largest absolute Gasteiger partial charge is 0.493 e. The van der Waals surface area contributed by atoms with Gasteiger partial charge in [-0.1, -0.05) is 19.9 Å². The van der Waals surface area contributed by atoms with Crippen LogP contribution >= 0.6 is 0 Å². The molecule has 102 valence electrons. The SMILES string of the molecule is CCNC(CC)CCc1ccc(OC)c(OC)c1. The van der Waals surface area contributed by atoms with Crippen molar-refractivity contribution in [3.05, 3.63) is 23.8 Å². The predicted molar refractivity (Wildman–Crippen MR) is 75.6 cm³/mol. The molecule has 1 unspecified atom stereocenters. The van der Waals surface area contributed by atoms with Crippen LogP contribution in [-0.2, 0) is 6.42 Å². The van der Waals surface area contributed by atoms with Gasteiger partial charge in [0.05, 0.1) is 14.2 Å². The van der Waals surface area contributed by atoms with Gasteiger partial charge >= 0.3 is 0 Å². The van der Waals surface area contributed by atoms with E-state index in [9.17, 15) is 0 Å². The third-order valence-electron chi connectivity index (χ3n) is 3.22. The number of ether oxygens (including phenoxy) is 2. The first kappa shape index (κ1) is 14.8. The van der Waals surface area contributed by atoms with Crippen molar-refractivity contribution in [2.24, 2.45) is 0 Å². The second-order valence-corrected chi connectivity index (χ2v) is 4.39. The van der Waals surface area contributed by atoms with Gasteiger partial charge in [0.25, 0.3) is 0 Å². The minimum absolute atomic E-state index is 0.600. The van der Waals surface area contributed by atoms with Crippen molar-refractivity contribution in [3.63, 3.8) is 0 Å². The molecule has 1 aromatic carbocycles. The highest BCUT2D eigenvalue weighted by Crippen LogP contribution is 2.28. The highest BCUT2D eigenvalue weighted by molar-refractivity contribution is 5.42. The maximum absolute atomic E-state index is 5.32. The molecule has 1 N–H and O–H groups in total. The van der Waals surface area contributed by atoms with Crippen LogP contribution in [0.15, 0.2) is 18.2 Å². The Balaban J connectivity index is 2.61. The average molecular weight is 251 g/mol. The molecule has 1 rings (SSSR count). The summed E-state index contributed by atoms with van der Waals surface area (Å²) in [5.74, 6) is 1.60. The van der Waals surface area contributed by atoms with Crippen molar-refractivity contribution >= 4 is 0 Å². The predicted octanol–water partition coefficient (Wildman–Crippen LogP) is 3.02. The number of benzene rings is 1. The van der Waals surface area contributed by atoms with Gasteiger partial charge in [-0.15, -0.1) is 0 Å². The van der Waals surface area contributed by atoms with Crippen molar-refractivity contribution < 1.29 is 9.47 Å². The number of methoxy groups -OCH3 is 2. The first-order chi connectivity index (χ1) is 8.74. The van der Waals surface area contributed by atoms with Gasteiger partial charge in [-0.05, 0) is 43.5 Å². The highest BCUT2D eigenvalue weighted by atomic mass is 16.5. The summed E-state index contributed by atoms with van der Waals surface area (Å²) in [7, 11) is 3.34. The van der Waals surface area contributed by atoms with Gasteiger partial charge in [-0.25, -0.2) is 0 Å². The normalized spacial score (nSPS) is 12.2. The number of aryl methyl sites for hydroxylation is 1. The fourth-order valence-electron chi connectivity index (χ4n) is 2.12. The second kappa shape index (κ2) is 7.98. The zero-order valence-electron chi connectivity index (χ0n) is 12.0. The van der Waals surface area contributed by atoms with E-state index in [0.717, 1.165) is 30.9 Å². The summed E-state index contributed by atoms with van der Waals surface area (Å²) in [6.07, 6.45) is 3.38. The molecule has 0 bridgehead atoms. The molecule has 0 heterocycles. The van der Waals surface area contributed by atoms with Gasteiger partial charge in [0.15, 0.2) is 11.5 Å². The first-order valence-electron chi connectivity index (χ1n) is 6.69. The highest BCUT2D eigenvalue weighted by Gasteiger charge is 2.07. The fraction of sp³-hybridized carbons (Fsp3) is 0.600. The lowest BCUT2D eigenvalue weighted by Gasteiger charge is -2.16. The molecular formula is C15H25NO2. The molecule has 0 saturated heterocycles. The van der Waals surface area contributed by atoms with Crippen molar-refractivity contribution in [2.45, 2.75) is 39.2 Å². The van der Waals surface area contributed by atoms with Crippen LogP contribution in [0.4, 0.5) is 0 Å². The third kappa shape index (κ3) is 4.22. The Morgan fingerprint density at radius 2 is 1.83 bits per heavy atom. The quantitative estimate of drug-likeness (QED) is 0.770. The molecule has 0 fully saturated rings. The van der Waals surface area contributed by atoms with Gasteiger partial charge in [-0.3, -0.25) is 0 Å². The van der Waals surface area contributed by atoms with E-state index < -0.39 is 0 Å². The van der Waals surface area contributed by atoms with E-state index in [1.54, 1.807) is 14.2 Å². The first-order valence-corrected chi connectivity index (χ1v) is 6.69. The molecule has 1 atom stereocenters. The zero-order chi connectivity index (χ0) is 13.4. The smallest absolute Gasteiger partial charge is 0.160 e. The maximum Gasteiger partial charge on any atom is 0.160 e. The van der Waals surface area contributed by atoms with E-state index in [2.05, 4.69) is 31.3 Å². The molecule has 0 radical (unpaired) electrons. The Hall–Kier alpha value is -1.22. The molecule has 0 amide bonds. The Morgan fingerprint density at radius 1 is 1.11 bits per heavy atom. The minimum Gasteiger partial charge on any atom is -0.493 e. The van der Waals surface area contributed by atoms with Crippen molar-refractivity contribution in [3.8, 4) is 11.5 Å². The monoisotopic (exact) mass is 251 g/mol. The van der Waals surface area contributed by atoms with E-state index in [1.807, 2.05) is 6.07 Å². The lowest BCUT2D eigenvalue weighted by Crippen LogP contribution is -2.28. The Kier molecular flexibility index (Phi) is 6.58. The standard InChI is InChI=1S/C15H25NO2/c1-5-13(16-6-2)9-7-12-8-10-14(17-3)15(11-12)18-4/h8,10-11,13,16H,5-7,9H2,1-4H3. The maximum atomic E-state index is 5.32. The molecule has 3 nitrogen and oxygen atoms in total. The van der Waals surface area contributed by atoms with Gasteiger partial charge < -0.3 is 14.8 Å². The van der Waals surface area contributed by atoms with Gasteiger partial charge in [0.1, 0.15) is 0 Å². The van der Waals surface area contributed by atoms with E-state index in [0.29, 0.717) is 6.04 Å². The van der Waals surface area contributed by atoms with E-state index >= 15 is 0 Å². The summed E-state index contributed by atoms with van der Waals surface area (Å²) < 4.78 is 10.6. The van der Waals surface area contributed by atoms with Crippen molar-refractivity contribution in [1.29, 1.82) is 0 Å². The van der Waals surface area contributed by atoms with Crippen LogP contribution in [0.1, 0.15) is 32.3 Å². The molecule has 0 aliphatic rings. The minimum atomic E-state index is 0.600. The van der Waals surface area contributed by atoms with E-state index in [-0.39, 0.29) is 0 Å². The Morgan fingerprint density at radius 3 is 2.39 bits per heavy atom. The summed E-state index contributed by atoms with van der Waals surface area (Å²) in [4.78, 5) is 0. The van der Waals surface area contributed by atoms with Gasteiger partial charge in [-0.2, -0.15) is 0 Å². The molecule has 0 aliphatic heterocycles. The van der Waals surface area contributed by atoms with Crippen LogP contribution in [0.5, 0.6) is 11.5 Å². The van der Waals surface area contributed by atoms with E-state index in [1.165, 1.54) is 12.0 Å².